The van der Waals surface area contributed by atoms with Crippen LogP contribution in [0.3, 0.4) is 0 Å². The van der Waals surface area contributed by atoms with Crippen LogP contribution in [0.5, 0.6) is 0 Å². The molecule has 0 N–H and O–H groups in total. The molecule has 0 aromatic rings. The summed E-state index contributed by atoms with van der Waals surface area (Å²) in [6, 6.07) is 0. The Hall–Kier alpha value is -1.22. The third-order valence-corrected chi connectivity index (χ3v) is 5.24. The van der Waals surface area contributed by atoms with Crippen LogP contribution in [0.15, 0.2) is 0 Å². The average molecular weight is 392 g/mol. The molecule has 0 amide bonds. The van der Waals surface area contributed by atoms with Crippen molar-refractivity contribution in [2.45, 2.75) is 24.1 Å². The van der Waals surface area contributed by atoms with Gasteiger partial charge in [0.15, 0.2) is 20.0 Å². The Morgan fingerprint density at radius 2 is 1.09 bits per heavy atom. The molecular weight excluding hydrogens is 380 g/mol. The molecule has 0 aromatic carbocycles. The van der Waals surface area contributed by atoms with Gasteiger partial charge in [0.05, 0.1) is 6.92 Å². The van der Waals surface area contributed by atoms with Crippen LogP contribution in [0, 0.1) is 0 Å². The maximum atomic E-state index is 11.4. The van der Waals surface area contributed by atoms with E-state index in [2.05, 4.69) is 42.6 Å². The number of halogens is 6. The fraction of sp³-hybridized carbons (Fsp3) is 0.750. The molecule has 0 spiro atoms. The van der Waals surface area contributed by atoms with E-state index in [1.807, 2.05) is 0 Å². The smallest absolute Gasteiger partial charge is 0.421 e. The summed E-state index contributed by atoms with van der Waals surface area (Å²) >= 11 is 0. The molecule has 0 atom stereocenters. The van der Waals surface area contributed by atoms with E-state index in [1.54, 1.807) is 0 Å². The SMILES string of the molecule is CC1[N+](C)=CC=[N+]1C.O=S(=O)([N-]S(=O)(=O)C(F)(F)F)C(F)(F)F. The van der Waals surface area contributed by atoms with Crippen LogP contribution in [0.2, 0.25) is 0 Å². The van der Waals surface area contributed by atoms with E-state index in [9.17, 15) is 43.2 Å². The van der Waals surface area contributed by atoms with Crippen molar-refractivity contribution in [3.8, 4) is 0 Å². The molecule has 0 aromatic heterocycles. The first kappa shape index (κ1) is 21.8. The van der Waals surface area contributed by atoms with Crippen molar-refractivity contribution in [2.24, 2.45) is 0 Å². The first-order valence-electron chi connectivity index (χ1n) is 5.41. The fourth-order valence-electron chi connectivity index (χ4n) is 0.960. The van der Waals surface area contributed by atoms with Gasteiger partial charge in [0.25, 0.3) is 0 Å². The van der Waals surface area contributed by atoms with Gasteiger partial charge in [-0.1, -0.05) is 0 Å². The van der Waals surface area contributed by atoms with Crippen molar-refractivity contribution in [2.75, 3.05) is 14.1 Å². The highest BCUT2D eigenvalue weighted by molar-refractivity contribution is 8.13. The van der Waals surface area contributed by atoms with E-state index in [0.717, 1.165) is 4.13 Å². The predicted octanol–water partition coefficient (Wildman–Crippen LogP) is 0.832. The van der Waals surface area contributed by atoms with Gasteiger partial charge in [-0.15, -0.1) is 0 Å². The summed E-state index contributed by atoms with van der Waals surface area (Å²) in [6.45, 7) is 2.17. The van der Waals surface area contributed by atoms with Crippen molar-refractivity contribution >= 4 is 32.5 Å². The van der Waals surface area contributed by atoms with Crippen molar-refractivity contribution in [1.82, 2.24) is 0 Å². The Morgan fingerprint density at radius 1 is 0.826 bits per heavy atom. The summed E-state index contributed by atoms with van der Waals surface area (Å²) in [5, 5.41) is 0. The van der Waals surface area contributed by atoms with E-state index in [0.29, 0.717) is 6.17 Å². The largest absolute Gasteiger partial charge is 0.480 e. The minimum absolute atomic E-state index is 0.537. The van der Waals surface area contributed by atoms with Crippen LogP contribution in [-0.2, 0) is 20.0 Å². The highest BCUT2D eigenvalue weighted by Gasteiger charge is 2.46. The van der Waals surface area contributed by atoms with E-state index in [4.69, 9.17) is 0 Å². The summed E-state index contributed by atoms with van der Waals surface area (Å²) in [6.07, 6.45) is 4.69. The molecule has 0 aliphatic carbocycles. The molecule has 7 nitrogen and oxygen atoms in total. The summed E-state index contributed by atoms with van der Waals surface area (Å²) in [5.41, 5.74) is -12.4. The lowest BCUT2D eigenvalue weighted by Gasteiger charge is -2.22. The number of rotatable bonds is 2. The molecule has 15 heteroatoms. The van der Waals surface area contributed by atoms with Crippen LogP contribution < -0.4 is 0 Å². The summed E-state index contributed by atoms with van der Waals surface area (Å²) in [4.78, 5) is 0. The van der Waals surface area contributed by atoms with Gasteiger partial charge >= 0.3 is 17.2 Å². The first-order chi connectivity index (χ1) is 9.92. The van der Waals surface area contributed by atoms with Crippen molar-refractivity contribution in [1.29, 1.82) is 0 Å². The molecule has 1 aliphatic heterocycles. The second-order valence-electron chi connectivity index (χ2n) is 4.18. The summed E-state index contributed by atoms with van der Waals surface area (Å²) < 4.78 is 114. The number of alkyl halides is 6. The van der Waals surface area contributed by atoms with Crippen molar-refractivity contribution in [3.63, 3.8) is 0 Å². The molecule has 0 saturated carbocycles. The number of hydrogen-bond donors (Lipinski definition) is 0. The number of nitrogens with zero attached hydrogens (tertiary/aromatic N) is 3. The molecule has 1 aliphatic rings. The highest BCUT2D eigenvalue weighted by atomic mass is 32.3. The minimum atomic E-state index is -6.72. The Morgan fingerprint density at radius 3 is 1.22 bits per heavy atom. The van der Waals surface area contributed by atoms with Crippen molar-refractivity contribution in [3.05, 3.63) is 4.13 Å². The molecule has 136 valence electrons. The third-order valence-electron chi connectivity index (χ3n) is 2.50. The van der Waals surface area contributed by atoms with Gasteiger partial charge in [-0.25, -0.2) is 16.8 Å². The second-order valence-corrected chi connectivity index (χ2v) is 7.60. The van der Waals surface area contributed by atoms with Gasteiger partial charge < -0.3 is 4.13 Å². The zero-order valence-corrected chi connectivity index (χ0v) is 13.4. The van der Waals surface area contributed by atoms with Crippen LogP contribution in [0.25, 0.3) is 4.13 Å². The maximum absolute atomic E-state index is 11.4. The molecule has 0 saturated heterocycles. The van der Waals surface area contributed by atoms with Gasteiger partial charge in [-0.2, -0.15) is 35.5 Å². The lowest BCUT2D eigenvalue weighted by atomic mass is 10.5. The molecule has 0 unspecified atom stereocenters. The van der Waals surface area contributed by atoms with Gasteiger partial charge in [-0.05, 0) is 0 Å². The Balaban J connectivity index is 0.000000502. The van der Waals surface area contributed by atoms with Crippen LogP contribution in [-0.4, -0.2) is 69.7 Å². The van der Waals surface area contributed by atoms with Crippen molar-refractivity contribution < 1.29 is 52.3 Å². The standard InChI is InChI=1S/C6H12N2.C2F6NO4S2/c1-6-7(2)4-5-8(6)3;3-1(4,5)14(10,11)9-15(12,13)2(6,7)8/h4-6H,1-3H3;/q+2;-1. The van der Waals surface area contributed by atoms with Gasteiger partial charge in [0, 0.05) is 0 Å². The third kappa shape index (κ3) is 5.72. The zero-order valence-electron chi connectivity index (χ0n) is 11.8. The molecule has 0 bridgehead atoms. The van der Waals surface area contributed by atoms with E-state index in [1.165, 1.54) is 0 Å². The van der Waals surface area contributed by atoms with Gasteiger partial charge in [-0.3, -0.25) is 0 Å². The lowest BCUT2D eigenvalue weighted by molar-refractivity contribution is -0.733. The molecule has 1 rings (SSSR count). The normalized spacial score (nSPS) is 17.3. The molecule has 0 fully saturated rings. The summed E-state index contributed by atoms with van der Waals surface area (Å²) in [5.74, 6) is 0. The Kier molecular flexibility index (Phi) is 6.36. The number of hydrogen-bond acceptors (Lipinski definition) is 4. The van der Waals surface area contributed by atoms with Crippen LogP contribution in [0.1, 0.15) is 6.92 Å². The molecule has 1 heterocycles. The predicted molar refractivity (Wildman–Crippen MR) is 67.3 cm³/mol. The summed E-state index contributed by atoms with van der Waals surface area (Å²) in [7, 11) is -9.29. The lowest BCUT2D eigenvalue weighted by Crippen LogP contribution is -2.30. The monoisotopic (exact) mass is 392 g/mol. The average Bonchev–Trinajstić information content (AvgIpc) is 2.57. The fourth-order valence-corrected chi connectivity index (χ4v) is 2.67. The Labute approximate surface area is 128 Å². The number of sulfonamides is 2. The van der Waals surface area contributed by atoms with E-state index in [-0.39, 0.29) is 0 Å². The zero-order chi connectivity index (χ0) is 18.9. The first-order valence-corrected chi connectivity index (χ1v) is 8.29. The van der Waals surface area contributed by atoms with Crippen LogP contribution >= 0.6 is 0 Å². The second kappa shape index (κ2) is 6.72. The van der Waals surface area contributed by atoms with Gasteiger partial charge in [0.1, 0.15) is 14.1 Å². The topological polar surface area (TPSA) is 88.4 Å². The van der Waals surface area contributed by atoms with Gasteiger partial charge in [0.2, 0.25) is 12.4 Å². The minimum Gasteiger partial charge on any atom is -0.421 e. The quantitative estimate of drug-likeness (QED) is 0.515. The molecule has 23 heavy (non-hydrogen) atoms. The molecular formula is C8H12F6N3O4S2+. The van der Waals surface area contributed by atoms with E-state index < -0.39 is 31.1 Å². The highest BCUT2D eigenvalue weighted by Crippen LogP contribution is 2.36. The maximum Gasteiger partial charge on any atom is 0.480 e. The Bertz CT molecular complexity index is 645. The van der Waals surface area contributed by atoms with Crippen LogP contribution in [0.4, 0.5) is 26.3 Å². The van der Waals surface area contributed by atoms with E-state index >= 15 is 0 Å². The molecule has 0 radical (unpaired) electrons.